The van der Waals surface area contributed by atoms with Crippen molar-refractivity contribution < 1.29 is 14.6 Å². The summed E-state index contributed by atoms with van der Waals surface area (Å²) in [6.45, 7) is 2.09. The van der Waals surface area contributed by atoms with Gasteiger partial charge < -0.3 is 14.7 Å². The second kappa shape index (κ2) is 8.55. The highest BCUT2D eigenvalue weighted by molar-refractivity contribution is 7.28. The molecular weight excluding hydrogens is 394 g/mol. The molecule has 4 rings (SSSR count). The fourth-order valence-corrected chi connectivity index (χ4v) is 5.65. The zero-order valence-electron chi connectivity index (χ0n) is 15.8. The largest absolute Gasteiger partial charge is 0.481 e. The number of methoxy groups -OCH3 is 1. The van der Waals surface area contributed by atoms with Crippen LogP contribution >= 0.6 is 22.7 Å². The van der Waals surface area contributed by atoms with Gasteiger partial charge in [-0.3, -0.25) is 4.79 Å². The van der Waals surface area contributed by atoms with Gasteiger partial charge in [0.2, 0.25) is 0 Å². The van der Waals surface area contributed by atoms with Crippen LogP contribution in [0.4, 0.5) is 5.82 Å². The number of ether oxygens (including phenoxy) is 1. The summed E-state index contributed by atoms with van der Waals surface area (Å²) >= 11 is 3.47. The summed E-state index contributed by atoms with van der Waals surface area (Å²) in [5, 5.41) is 11.4. The first-order valence-electron chi connectivity index (χ1n) is 9.45. The first kappa shape index (κ1) is 19.3. The molecule has 1 N–H and O–H groups in total. The smallest absolute Gasteiger partial charge is 0.306 e. The first-order chi connectivity index (χ1) is 13.7. The minimum absolute atomic E-state index is 0.260. The molecule has 3 aromatic heterocycles. The molecule has 148 valence electrons. The van der Waals surface area contributed by atoms with Crippen molar-refractivity contribution in [3.63, 3.8) is 0 Å². The Bertz CT molecular complexity index is 932. The number of carboxylic acids is 1. The summed E-state index contributed by atoms with van der Waals surface area (Å²) in [5.74, 6) is -0.0740. The maximum atomic E-state index is 11.3. The highest BCUT2D eigenvalue weighted by Crippen LogP contribution is 2.39. The summed E-state index contributed by atoms with van der Waals surface area (Å²) in [5.41, 5.74) is 1.85. The van der Waals surface area contributed by atoms with E-state index >= 15 is 0 Å². The van der Waals surface area contributed by atoms with Gasteiger partial charge in [-0.15, -0.1) is 22.7 Å². The molecular formula is C20H23N3O3S2. The predicted octanol–water partition coefficient (Wildman–Crippen LogP) is 4.30. The van der Waals surface area contributed by atoms with Crippen LogP contribution in [0, 0.1) is 5.92 Å². The van der Waals surface area contributed by atoms with E-state index in [1.807, 2.05) is 6.20 Å². The predicted molar refractivity (Wildman–Crippen MR) is 113 cm³/mol. The van der Waals surface area contributed by atoms with Crippen LogP contribution in [0.1, 0.15) is 25.0 Å². The summed E-state index contributed by atoms with van der Waals surface area (Å²) in [4.78, 5) is 24.3. The number of rotatable bonds is 7. The molecule has 0 aliphatic carbocycles. The van der Waals surface area contributed by atoms with Crippen molar-refractivity contribution in [2.45, 2.75) is 25.7 Å². The van der Waals surface area contributed by atoms with E-state index in [-0.39, 0.29) is 5.92 Å². The Morgan fingerprint density at radius 3 is 2.89 bits per heavy atom. The Labute approximate surface area is 171 Å². The maximum absolute atomic E-state index is 11.3. The lowest BCUT2D eigenvalue weighted by atomic mass is 9.97. The third-order valence-corrected chi connectivity index (χ3v) is 7.20. The van der Waals surface area contributed by atoms with Gasteiger partial charge in [0.15, 0.2) is 5.82 Å². The molecule has 0 saturated carbocycles. The second-order valence-electron chi connectivity index (χ2n) is 6.99. The van der Waals surface area contributed by atoms with Gasteiger partial charge in [0.05, 0.1) is 16.5 Å². The minimum atomic E-state index is -0.697. The van der Waals surface area contributed by atoms with Gasteiger partial charge in [-0.2, -0.15) is 0 Å². The number of piperidine rings is 1. The topological polar surface area (TPSA) is 75.5 Å². The Morgan fingerprint density at radius 1 is 1.36 bits per heavy atom. The Balaban J connectivity index is 1.65. The average Bonchev–Trinajstić information content (AvgIpc) is 3.30. The molecule has 6 nitrogen and oxygen atoms in total. The number of anilines is 1. The molecule has 0 atom stereocenters. The van der Waals surface area contributed by atoms with E-state index in [0.717, 1.165) is 34.9 Å². The third-order valence-electron chi connectivity index (χ3n) is 5.10. The number of aryl methyl sites for hydroxylation is 1. The van der Waals surface area contributed by atoms with Crippen molar-refractivity contribution in [2.24, 2.45) is 5.92 Å². The number of hydrogen-bond acceptors (Lipinski definition) is 7. The van der Waals surface area contributed by atoms with Gasteiger partial charge in [-0.25, -0.2) is 9.97 Å². The molecule has 4 heterocycles. The highest BCUT2D eigenvalue weighted by atomic mass is 32.1. The second-order valence-corrected chi connectivity index (χ2v) is 9.02. The van der Waals surface area contributed by atoms with E-state index in [0.29, 0.717) is 32.5 Å². The zero-order valence-corrected chi connectivity index (χ0v) is 17.4. The molecule has 0 radical (unpaired) electrons. The fourth-order valence-electron chi connectivity index (χ4n) is 3.55. The van der Waals surface area contributed by atoms with Crippen LogP contribution in [0.2, 0.25) is 0 Å². The van der Waals surface area contributed by atoms with Crippen LogP contribution in [0.15, 0.2) is 23.7 Å². The molecule has 1 fully saturated rings. The maximum Gasteiger partial charge on any atom is 0.306 e. The van der Waals surface area contributed by atoms with E-state index in [1.165, 1.54) is 9.40 Å². The van der Waals surface area contributed by atoms with Crippen molar-refractivity contribution in [2.75, 3.05) is 31.7 Å². The molecule has 1 aliphatic heterocycles. The van der Waals surface area contributed by atoms with Gasteiger partial charge in [-0.05, 0) is 43.2 Å². The average molecular weight is 418 g/mol. The molecule has 1 aliphatic rings. The van der Waals surface area contributed by atoms with Gasteiger partial charge >= 0.3 is 5.97 Å². The highest BCUT2D eigenvalue weighted by Gasteiger charge is 2.27. The SMILES string of the molecule is COCCCc1cnc(-c2cc3sccc3s2)c(N2CCC(C(=O)O)CC2)n1. The van der Waals surface area contributed by atoms with Gasteiger partial charge in [0, 0.05) is 42.4 Å². The molecule has 0 aromatic carbocycles. The monoisotopic (exact) mass is 417 g/mol. The van der Waals surface area contributed by atoms with Crippen LogP contribution in [0.5, 0.6) is 0 Å². The quantitative estimate of drug-likeness (QED) is 0.578. The van der Waals surface area contributed by atoms with Crippen LogP contribution < -0.4 is 4.90 Å². The van der Waals surface area contributed by atoms with E-state index in [9.17, 15) is 9.90 Å². The van der Waals surface area contributed by atoms with Crippen LogP contribution in [-0.2, 0) is 16.0 Å². The number of fused-ring (bicyclic) bond motifs is 1. The molecule has 0 bridgehead atoms. The van der Waals surface area contributed by atoms with Crippen molar-refractivity contribution in [3.8, 4) is 10.6 Å². The number of nitrogens with zero attached hydrogens (tertiary/aromatic N) is 3. The first-order valence-corrected chi connectivity index (χ1v) is 11.2. The number of carbonyl (C=O) groups is 1. The van der Waals surface area contributed by atoms with Crippen LogP contribution in [0.3, 0.4) is 0 Å². The minimum Gasteiger partial charge on any atom is -0.481 e. The van der Waals surface area contributed by atoms with Crippen molar-refractivity contribution in [1.82, 2.24) is 9.97 Å². The number of aromatic nitrogens is 2. The summed E-state index contributed by atoms with van der Waals surface area (Å²) in [6.07, 6.45) is 4.87. The Hall–Kier alpha value is -2.03. The fraction of sp³-hybridized carbons (Fsp3) is 0.450. The lowest BCUT2D eigenvalue weighted by Gasteiger charge is -2.32. The molecule has 8 heteroatoms. The van der Waals surface area contributed by atoms with Crippen molar-refractivity contribution in [3.05, 3.63) is 29.4 Å². The van der Waals surface area contributed by atoms with Crippen LogP contribution in [0.25, 0.3) is 20.0 Å². The van der Waals surface area contributed by atoms with Crippen molar-refractivity contribution >= 4 is 43.9 Å². The van der Waals surface area contributed by atoms with Gasteiger partial charge in [-0.1, -0.05) is 0 Å². The normalized spacial score (nSPS) is 15.4. The zero-order chi connectivity index (χ0) is 19.5. The van der Waals surface area contributed by atoms with E-state index in [2.05, 4.69) is 22.4 Å². The number of thiophene rings is 2. The van der Waals surface area contributed by atoms with E-state index < -0.39 is 5.97 Å². The van der Waals surface area contributed by atoms with Crippen molar-refractivity contribution in [1.29, 1.82) is 0 Å². The third kappa shape index (κ3) is 4.04. The molecule has 3 aromatic rings. The lowest BCUT2D eigenvalue weighted by molar-refractivity contribution is -0.142. The Kier molecular flexibility index (Phi) is 5.89. The Morgan fingerprint density at radius 2 is 2.18 bits per heavy atom. The van der Waals surface area contributed by atoms with Gasteiger partial charge in [0.1, 0.15) is 5.69 Å². The molecule has 28 heavy (non-hydrogen) atoms. The summed E-state index contributed by atoms with van der Waals surface area (Å²) in [6, 6.07) is 4.32. The molecule has 0 spiro atoms. The number of carboxylic acid groups (broad SMARTS) is 1. The van der Waals surface area contributed by atoms with E-state index in [4.69, 9.17) is 14.7 Å². The molecule has 0 amide bonds. The van der Waals surface area contributed by atoms with E-state index in [1.54, 1.807) is 29.8 Å². The summed E-state index contributed by atoms with van der Waals surface area (Å²) < 4.78 is 7.68. The van der Waals surface area contributed by atoms with Gasteiger partial charge in [0.25, 0.3) is 0 Å². The van der Waals surface area contributed by atoms with Crippen LogP contribution in [-0.4, -0.2) is 47.8 Å². The molecule has 0 unspecified atom stereocenters. The standard InChI is InChI=1S/C20H23N3O3S2/c1-26-9-2-3-14-12-21-18(17-11-16-15(28-17)6-10-27-16)19(22-14)23-7-4-13(5-8-23)20(24)25/h6,10-13H,2-5,7-9H2,1H3,(H,24,25). The lowest BCUT2D eigenvalue weighted by Crippen LogP contribution is -2.37. The summed E-state index contributed by atoms with van der Waals surface area (Å²) in [7, 11) is 1.70. The molecule has 1 saturated heterocycles. The number of hydrogen-bond donors (Lipinski definition) is 1. The number of aliphatic carboxylic acids is 1.